The zero-order valence-electron chi connectivity index (χ0n) is 11.6. The van der Waals surface area contributed by atoms with Crippen LogP contribution >= 0.6 is 0 Å². The number of aliphatic carboxylic acids is 1. The summed E-state index contributed by atoms with van der Waals surface area (Å²) >= 11 is 0. The first-order chi connectivity index (χ1) is 9.36. The van der Waals surface area contributed by atoms with Gasteiger partial charge in [-0.15, -0.1) is 0 Å². The van der Waals surface area contributed by atoms with E-state index in [0.29, 0.717) is 11.3 Å². The fourth-order valence-corrected chi connectivity index (χ4v) is 1.74. The van der Waals surface area contributed by atoms with Gasteiger partial charge < -0.3 is 20.1 Å². The van der Waals surface area contributed by atoms with Gasteiger partial charge in [0.05, 0.1) is 12.7 Å². The Morgan fingerprint density at radius 1 is 1.45 bits per heavy atom. The number of hydrogen-bond acceptors (Lipinski definition) is 4. The third-order valence-corrected chi connectivity index (χ3v) is 2.89. The summed E-state index contributed by atoms with van der Waals surface area (Å²) in [4.78, 5) is 10.6. The van der Waals surface area contributed by atoms with E-state index in [0.717, 1.165) is 6.08 Å². The van der Waals surface area contributed by atoms with Crippen LogP contribution in [0, 0.1) is 5.41 Å². The summed E-state index contributed by atoms with van der Waals surface area (Å²) in [5, 5.41) is 27.7. The molecule has 20 heavy (non-hydrogen) atoms. The minimum atomic E-state index is -1.05. The van der Waals surface area contributed by atoms with Gasteiger partial charge in [-0.05, 0) is 17.7 Å². The number of aliphatic hydroxyl groups is 2. The largest absolute Gasteiger partial charge is 0.491 e. The van der Waals surface area contributed by atoms with Crippen LogP contribution in [0.1, 0.15) is 25.5 Å². The number of aliphatic hydroxyl groups excluding tert-OH is 2. The molecule has 0 fully saturated rings. The van der Waals surface area contributed by atoms with Gasteiger partial charge >= 0.3 is 5.97 Å². The van der Waals surface area contributed by atoms with Crippen molar-refractivity contribution in [2.45, 2.75) is 20.0 Å². The molecule has 0 aliphatic carbocycles. The molecule has 0 amide bonds. The second kappa shape index (κ2) is 7.07. The zero-order valence-corrected chi connectivity index (χ0v) is 11.6. The van der Waals surface area contributed by atoms with E-state index in [1.807, 2.05) is 0 Å². The maximum Gasteiger partial charge on any atom is 0.327 e. The minimum absolute atomic E-state index is 0.0837. The molecule has 0 aromatic heterocycles. The summed E-state index contributed by atoms with van der Waals surface area (Å²) < 4.78 is 5.28. The Labute approximate surface area is 118 Å². The molecule has 0 saturated carbocycles. The number of rotatable bonds is 7. The Morgan fingerprint density at radius 2 is 2.15 bits per heavy atom. The molecular formula is C15H20O5. The van der Waals surface area contributed by atoms with E-state index in [1.165, 1.54) is 6.08 Å². The number of carboxylic acids is 1. The maximum atomic E-state index is 10.6. The summed E-state index contributed by atoms with van der Waals surface area (Å²) in [5.74, 6) is -0.501. The van der Waals surface area contributed by atoms with Gasteiger partial charge in [-0.1, -0.05) is 32.1 Å². The summed E-state index contributed by atoms with van der Waals surface area (Å²) in [6.07, 6.45) is 1.62. The smallest absolute Gasteiger partial charge is 0.327 e. The van der Waals surface area contributed by atoms with Crippen LogP contribution in [-0.4, -0.2) is 34.5 Å². The van der Waals surface area contributed by atoms with Crippen molar-refractivity contribution in [3.63, 3.8) is 0 Å². The third kappa shape index (κ3) is 4.68. The van der Waals surface area contributed by atoms with Crippen molar-refractivity contribution in [2.24, 2.45) is 5.41 Å². The zero-order chi connectivity index (χ0) is 15.2. The number of benzene rings is 1. The summed E-state index contributed by atoms with van der Waals surface area (Å²) in [7, 11) is 0. The van der Waals surface area contributed by atoms with Crippen LogP contribution in [0.4, 0.5) is 0 Å². The van der Waals surface area contributed by atoms with Gasteiger partial charge in [0.2, 0.25) is 0 Å². The van der Waals surface area contributed by atoms with E-state index in [-0.39, 0.29) is 13.2 Å². The van der Waals surface area contributed by atoms with Crippen molar-refractivity contribution in [2.75, 3.05) is 13.2 Å². The Hall–Kier alpha value is -1.85. The first-order valence-electron chi connectivity index (χ1n) is 6.30. The van der Waals surface area contributed by atoms with Crippen LogP contribution in [0.15, 0.2) is 36.4 Å². The highest BCUT2D eigenvalue weighted by molar-refractivity contribution is 5.79. The summed E-state index contributed by atoms with van der Waals surface area (Å²) in [6, 6.07) is 6.89. The van der Waals surface area contributed by atoms with Crippen molar-refractivity contribution >= 4 is 5.97 Å². The van der Waals surface area contributed by atoms with Gasteiger partial charge in [0.25, 0.3) is 0 Å². The van der Waals surface area contributed by atoms with Crippen molar-refractivity contribution in [1.29, 1.82) is 0 Å². The molecule has 1 rings (SSSR count). The van der Waals surface area contributed by atoms with E-state index in [9.17, 15) is 9.90 Å². The fourth-order valence-electron chi connectivity index (χ4n) is 1.74. The molecule has 1 aromatic rings. The van der Waals surface area contributed by atoms with Crippen molar-refractivity contribution in [3.8, 4) is 5.75 Å². The lowest BCUT2D eigenvalue weighted by Gasteiger charge is -2.27. The first kappa shape index (κ1) is 16.2. The molecule has 0 aliphatic rings. The quantitative estimate of drug-likeness (QED) is 0.662. The van der Waals surface area contributed by atoms with E-state index in [2.05, 4.69) is 0 Å². The molecule has 0 unspecified atom stereocenters. The van der Waals surface area contributed by atoms with Gasteiger partial charge in [-0.3, -0.25) is 0 Å². The molecule has 0 bridgehead atoms. The Kier molecular flexibility index (Phi) is 5.73. The topological polar surface area (TPSA) is 87.0 Å². The SMILES string of the molecule is CC(C)(/C=C/C(=O)O)[C@H](O)c1cccc(OCCO)c1. The number of ether oxygens (including phenoxy) is 1. The van der Waals surface area contributed by atoms with E-state index >= 15 is 0 Å². The molecule has 1 atom stereocenters. The van der Waals surface area contributed by atoms with E-state index < -0.39 is 17.5 Å². The monoisotopic (exact) mass is 280 g/mol. The summed E-state index contributed by atoms with van der Waals surface area (Å²) in [5.41, 5.74) is -0.103. The van der Waals surface area contributed by atoms with Crippen LogP contribution in [-0.2, 0) is 4.79 Å². The molecule has 3 N–H and O–H groups in total. The van der Waals surface area contributed by atoms with Gasteiger partial charge in [0, 0.05) is 11.5 Å². The van der Waals surface area contributed by atoms with E-state index in [1.54, 1.807) is 38.1 Å². The van der Waals surface area contributed by atoms with Crippen molar-refractivity contribution in [1.82, 2.24) is 0 Å². The molecule has 0 saturated heterocycles. The molecule has 0 aliphatic heterocycles. The first-order valence-corrected chi connectivity index (χ1v) is 6.30. The normalized spacial score (nSPS) is 13.4. The predicted octanol–water partition coefficient (Wildman–Crippen LogP) is 1.76. The van der Waals surface area contributed by atoms with Crippen molar-refractivity contribution in [3.05, 3.63) is 42.0 Å². The van der Waals surface area contributed by atoms with Crippen LogP contribution in [0.25, 0.3) is 0 Å². The molecule has 110 valence electrons. The van der Waals surface area contributed by atoms with Gasteiger partial charge in [0.1, 0.15) is 12.4 Å². The number of hydrogen-bond donors (Lipinski definition) is 3. The minimum Gasteiger partial charge on any atom is -0.491 e. The molecule has 1 aromatic carbocycles. The molecule has 0 radical (unpaired) electrons. The second-order valence-electron chi connectivity index (χ2n) is 5.04. The number of carboxylic acid groups (broad SMARTS) is 1. The number of carbonyl (C=O) groups is 1. The predicted molar refractivity (Wildman–Crippen MR) is 74.5 cm³/mol. The van der Waals surface area contributed by atoms with Crippen LogP contribution in [0.5, 0.6) is 5.75 Å². The molecule has 0 spiro atoms. The lowest BCUT2D eigenvalue weighted by atomic mass is 9.82. The lowest BCUT2D eigenvalue weighted by Crippen LogP contribution is -2.20. The average Bonchev–Trinajstić information content (AvgIpc) is 2.42. The van der Waals surface area contributed by atoms with E-state index in [4.69, 9.17) is 14.9 Å². The fraction of sp³-hybridized carbons (Fsp3) is 0.400. The van der Waals surface area contributed by atoms with Crippen LogP contribution in [0.3, 0.4) is 0 Å². The lowest BCUT2D eigenvalue weighted by molar-refractivity contribution is -0.131. The second-order valence-corrected chi connectivity index (χ2v) is 5.04. The van der Waals surface area contributed by atoms with Crippen molar-refractivity contribution < 1.29 is 24.9 Å². The van der Waals surface area contributed by atoms with Crippen LogP contribution < -0.4 is 4.74 Å². The standard InChI is InChI=1S/C15H20O5/c1-15(2,7-6-13(17)18)14(19)11-4-3-5-12(10-11)20-9-8-16/h3-7,10,14,16,19H,8-9H2,1-2H3,(H,17,18)/b7-6+/t14-/m1/s1. The Bertz CT molecular complexity index is 479. The molecule has 5 heteroatoms. The average molecular weight is 280 g/mol. The van der Waals surface area contributed by atoms with Gasteiger partial charge in [0.15, 0.2) is 0 Å². The summed E-state index contributed by atoms with van der Waals surface area (Å²) in [6.45, 7) is 3.60. The maximum absolute atomic E-state index is 10.6. The van der Waals surface area contributed by atoms with Gasteiger partial charge in [-0.2, -0.15) is 0 Å². The molecular weight excluding hydrogens is 260 g/mol. The third-order valence-electron chi connectivity index (χ3n) is 2.89. The highest BCUT2D eigenvalue weighted by Gasteiger charge is 2.27. The molecule has 5 nitrogen and oxygen atoms in total. The molecule has 0 heterocycles. The van der Waals surface area contributed by atoms with Gasteiger partial charge in [-0.25, -0.2) is 4.79 Å². The Morgan fingerprint density at radius 3 is 2.75 bits per heavy atom. The highest BCUT2D eigenvalue weighted by Crippen LogP contribution is 2.35. The Balaban J connectivity index is 2.90. The highest BCUT2D eigenvalue weighted by atomic mass is 16.5. The van der Waals surface area contributed by atoms with Crippen LogP contribution in [0.2, 0.25) is 0 Å².